The minimum atomic E-state index is -4.83. The average Bonchev–Trinajstić information content (AvgIpc) is 2.72. The van der Waals surface area contributed by atoms with E-state index in [-0.39, 0.29) is 22.9 Å². The van der Waals surface area contributed by atoms with Gasteiger partial charge < -0.3 is 19.5 Å². The van der Waals surface area contributed by atoms with Crippen LogP contribution in [0.5, 0.6) is 17.2 Å². The lowest BCUT2D eigenvalue weighted by atomic mass is 10.0. The quantitative estimate of drug-likeness (QED) is 0.639. The monoisotopic (exact) mass is 474 g/mol. The lowest BCUT2D eigenvalue weighted by Gasteiger charge is -2.23. The van der Waals surface area contributed by atoms with Gasteiger partial charge in [0.15, 0.2) is 11.5 Å². The lowest BCUT2D eigenvalue weighted by Crippen LogP contribution is -2.47. The Morgan fingerprint density at radius 2 is 1.66 bits per heavy atom. The molecule has 0 aliphatic carbocycles. The number of halogens is 3. The Kier molecular flexibility index (Phi) is 6.84. The van der Waals surface area contributed by atoms with E-state index in [1.807, 2.05) is 0 Å². The molecule has 0 fully saturated rings. The highest BCUT2D eigenvalue weighted by Gasteiger charge is 2.31. The molecule has 2 aromatic carbocycles. The van der Waals surface area contributed by atoms with E-state index in [4.69, 9.17) is 9.47 Å². The van der Waals surface area contributed by atoms with E-state index in [2.05, 4.69) is 14.8 Å². The number of hydrogen-bond acceptors (Lipinski definition) is 6. The molecule has 0 aromatic heterocycles. The molecule has 1 aliphatic rings. The van der Waals surface area contributed by atoms with Gasteiger partial charge in [0.25, 0.3) is 0 Å². The Morgan fingerprint density at radius 3 is 2.25 bits per heavy atom. The molecule has 0 bridgehead atoms. The first-order valence-electron chi connectivity index (χ1n) is 9.53. The zero-order chi connectivity index (χ0) is 23.5. The molecule has 1 atom stereocenters. The van der Waals surface area contributed by atoms with Crippen LogP contribution in [0.3, 0.4) is 0 Å². The molecule has 1 aliphatic heterocycles. The number of anilines is 1. The number of carbonyl (C=O) groups excluding carboxylic acids is 1. The highest BCUT2D eigenvalue weighted by Crippen LogP contribution is 2.32. The van der Waals surface area contributed by atoms with Gasteiger partial charge in [0.2, 0.25) is 15.9 Å². The van der Waals surface area contributed by atoms with Crippen LogP contribution >= 0.6 is 0 Å². The summed E-state index contributed by atoms with van der Waals surface area (Å²) >= 11 is 0. The highest BCUT2D eigenvalue weighted by molar-refractivity contribution is 7.89. The molecule has 8 nitrogen and oxygen atoms in total. The zero-order valence-corrected chi connectivity index (χ0v) is 17.9. The van der Waals surface area contributed by atoms with Crippen LogP contribution in [0.4, 0.5) is 18.9 Å². The number of sulfonamides is 1. The van der Waals surface area contributed by atoms with Crippen molar-refractivity contribution < 1.29 is 40.6 Å². The normalized spacial score (nSPS) is 14.7. The van der Waals surface area contributed by atoms with Gasteiger partial charge in [-0.05, 0) is 42.3 Å². The third kappa shape index (κ3) is 6.04. The Hall–Kier alpha value is -2.99. The summed E-state index contributed by atoms with van der Waals surface area (Å²) in [6.45, 7) is 3.94. The molecule has 3 rings (SSSR count). The summed E-state index contributed by atoms with van der Waals surface area (Å²) in [5, 5.41) is 2.49. The van der Waals surface area contributed by atoms with Gasteiger partial charge >= 0.3 is 6.36 Å². The van der Waals surface area contributed by atoms with Crippen molar-refractivity contribution >= 4 is 21.6 Å². The molecule has 2 N–H and O–H groups in total. The van der Waals surface area contributed by atoms with Crippen LogP contribution in [-0.4, -0.2) is 39.9 Å². The Bertz CT molecular complexity index is 1070. The number of amides is 1. The number of fused-ring (bicyclic) bond motifs is 1. The predicted octanol–water partition coefficient (Wildman–Crippen LogP) is 3.30. The summed E-state index contributed by atoms with van der Waals surface area (Å²) in [5.74, 6) is -0.854. The molecular formula is C20H21F3N2O6S. The maximum atomic E-state index is 12.9. The van der Waals surface area contributed by atoms with Crippen LogP contribution < -0.4 is 24.2 Å². The third-order valence-electron chi connectivity index (χ3n) is 4.41. The topological polar surface area (TPSA) is 103 Å². The average molecular weight is 474 g/mol. The summed E-state index contributed by atoms with van der Waals surface area (Å²) in [4.78, 5) is 12.6. The SMILES string of the molecule is CC(C)C(NS(=O)(=O)c1ccc2c(c1)OCCO2)C(=O)Nc1ccc(OC(F)(F)F)cc1. The van der Waals surface area contributed by atoms with Crippen LogP contribution in [0, 0.1) is 5.92 Å². The fourth-order valence-electron chi connectivity index (χ4n) is 2.88. The van der Waals surface area contributed by atoms with Crippen LogP contribution in [-0.2, 0) is 14.8 Å². The highest BCUT2D eigenvalue weighted by atomic mass is 32.2. The molecule has 2 aromatic rings. The molecule has 0 radical (unpaired) electrons. The van der Waals surface area contributed by atoms with Crippen molar-refractivity contribution in [3.63, 3.8) is 0 Å². The van der Waals surface area contributed by atoms with Crippen LogP contribution in [0.1, 0.15) is 13.8 Å². The van der Waals surface area contributed by atoms with Gasteiger partial charge in [-0.1, -0.05) is 13.8 Å². The second kappa shape index (κ2) is 9.25. The molecule has 0 saturated heterocycles. The van der Waals surface area contributed by atoms with Crippen LogP contribution in [0.15, 0.2) is 47.4 Å². The van der Waals surface area contributed by atoms with Gasteiger partial charge in [0.05, 0.1) is 4.90 Å². The number of hydrogen-bond donors (Lipinski definition) is 2. The van der Waals surface area contributed by atoms with E-state index in [0.29, 0.717) is 12.4 Å². The number of alkyl halides is 3. The minimum Gasteiger partial charge on any atom is -0.486 e. The van der Waals surface area contributed by atoms with Gasteiger partial charge in [-0.2, -0.15) is 4.72 Å². The van der Waals surface area contributed by atoms with E-state index in [9.17, 15) is 26.4 Å². The molecule has 174 valence electrons. The van der Waals surface area contributed by atoms with E-state index in [1.54, 1.807) is 13.8 Å². The van der Waals surface area contributed by atoms with E-state index >= 15 is 0 Å². The van der Waals surface area contributed by atoms with E-state index < -0.39 is 40.0 Å². The molecule has 1 amide bonds. The standard InChI is InChI=1S/C20H21F3N2O6S/c1-12(2)18(19(26)24-13-3-5-14(6-4-13)31-20(21,22)23)25-32(27,28)15-7-8-16-17(11-15)30-10-9-29-16/h3-8,11-12,18,25H,9-10H2,1-2H3,(H,24,26). The summed E-state index contributed by atoms with van der Waals surface area (Å²) < 4.78 is 79.4. The number of carbonyl (C=O) groups is 1. The maximum absolute atomic E-state index is 12.9. The Morgan fingerprint density at radius 1 is 1.03 bits per heavy atom. The first-order valence-corrected chi connectivity index (χ1v) is 11.0. The van der Waals surface area contributed by atoms with Gasteiger partial charge in [-0.3, -0.25) is 4.79 Å². The van der Waals surface area contributed by atoms with Crippen molar-refractivity contribution in [3.8, 4) is 17.2 Å². The summed E-state index contributed by atoms with van der Waals surface area (Å²) in [6, 6.07) is 7.46. The van der Waals surface area contributed by atoms with Gasteiger partial charge in [0, 0.05) is 11.8 Å². The van der Waals surface area contributed by atoms with Crippen molar-refractivity contribution in [2.75, 3.05) is 18.5 Å². The first kappa shape index (κ1) is 23.7. The molecule has 12 heteroatoms. The fourth-order valence-corrected chi connectivity index (χ4v) is 4.24. The molecular weight excluding hydrogens is 453 g/mol. The number of benzene rings is 2. The second-order valence-corrected chi connectivity index (χ2v) is 8.92. The van der Waals surface area contributed by atoms with Crippen molar-refractivity contribution in [1.29, 1.82) is 0 Å². The van der Waals surface area contributed by atoms with Crippen molar-refractivity contribution in [1.82, 2.24) is 4.72 Å². The molecule has 1 heterocycles. The smallest absolute Gasteiger partial charge is 0.486 e. The summed E-state index contributed by atoms with van der Waals surface area (Å²) in [7, 11) is -4.09. The van der Waals surface area contributed by atoms with Crippen LogP contribution in [0.2, 0.25) is 0 Å². The molecule has 1 unspecified atom stereocenters. The number of ether oxygens (including phenoxy) is 3. The minimum absolute atomic E-state index is 0.103. The van der Waals surface area contributed by atoms with Crippen molar-refractivity contribution in [3.05, 3.63) is 42.5 Å². The Balaban J connectivity index is 1.72. The lowest BCUT2D eigenvalue weighted by molar-refractivity contribution is -0.274. The second-order valence-electron chi connectivity index (χ2n) is 7.21. The van der Waals surface area contributed by atoms with Gasteiger partial charge in [-0.15, -0.1) is 13.2 Å². The van der Waals surface area contributed by atoms with E-state index in [0.717, 1.165) is 12.1 Å². The molecule has 32 heavy (non-hydrogen) atoms. The Labute approximate surface area is 182 Å². The first-order chi connectivity index (χ1) is 14.9. The number of nitrogens with one attached hydrogen (secondary N) is 2. The third-order valence-corrected chi connectivity index (χ3v) is 5.85. The van der Waals surface area contributed by atoms with Crippen molar-refractivity contribution in [2.24, 2.45) is 5.92 Å². The summed E-state index contributed by atoms with van der Waals surface area (Å²) in [5.41, 5.74) is 0.175. The zero-order valence-electron chi connectivity index (χ0n) is 17.1. The van der Waals surface area contributed by atoms with E-state index in [1.165, 1.54) is 30.3 Å². The summed E-state index contributed by atoms with van der Waals surface area (Å²) in [6.07, 6.45) is -4.83. The van der Waals surface area contributed by atoms with Gasteiger partial charge in [0.1, 0.15) is 25.0 Å². The fraction of sp³-hybridized carbons (Fsp3) is 0.350. The predicted molar refractivity (Wildman–Crippen MR) is 108 cm³/mol. The van der Waals surface area contributed by atoms with Crippen molar-refractivity contribution in [2.45, 2.75) is 31.1 Å². The largest absolute Gasteiger partial charge is 0.573 e. The molecule has 0 saturated carbocycles. The number of rotatable bonds is 7. The maximum Gasteiger partial charge on any atom is 0.573 e. The molecule has 0 spiro atoms. The van der Waals surface area contributed by atoms with Crippen LogP contribution in [0.25, 0.3) is 0 Å². The van der Waals surface area contributed by atoms with Gasteiger partial charge in [-0.25, -0.2) is 8.42 Å².